The highest BCUT2D eigenvalue weighted by molar-refractivity contribution is 6.46. The molecule has 12 heavy (non-hydrogen) atoms. The van der Waals surface area contributed by atoms with Gasteiger partial charge in [-0.2, -0.15) is 0 Å². The monoisotopic (exact) mass is 173 g/mol. The molecule has 1 aliphatic rings. The lowest BCUT2D eigenvalue weighted by Crippen LogP contribution is -2.43. The van der Waals surface area contributed by atoms with Crippen LogP contribution in [0.1, 0.15) is 13.8 Å². The average molecular weight is 173 g/mol. The zero-order valence-corrected chi connectivity index (χ0v) is 7.23. The molecule has 0 aliphatic carbocycles. The molecule has 0 atom stereocenters. The maximum absolute atomic E-state index is 10.3. The van der Waals surface area contributed by atoms with Gasteiger partial charge < -0.3 is 9.31 Å². The molecule has 1 saturated heterocycles. The van der Waals surface area contributed by atoms with Gasteiger partial charge in [0.2, 0.25) is 0 Å². The van der Waals surface area contributed by atoms with E-state index < -0.39 is 6.04 Å². The van der Waals surface area contributed by atoms with E-state index in [0.717, 1.165) is 0 Å². The van der Waals surface area contributed by atoms with Crippen LogP contribution in [0.4, 0.5) is 0 Å². The van der Waals surface area contributed by atoms with E-state index in [1.807, 2.05) is 13.8 Å². The molecule has 0 N–H and O–H groups in total. The van der Waals surface area contributed by atoms with Crippen molar-refractivity contribution in [1.29, 1.82) is 0 Å². The first-order valence-electron chi connectivity index (χ1n) is 3.98. The fourth-order valence-electron chi connectivity index (χ4n) is 1.01. The molecule has 1 heterocycles. The summed E-state index contributed by atoms with van der Waals surface area (Å²) in [7, 11) is -0.277. The largest absolute Gasteiger partial charge is 0.460 e. The minimum absolute atomic E-state index is 0.163. The first kappa shape index (κ1) is 9.47. The van der Waals surface area contributed by atoms with Crippen molar-refractivity contribution in [2.45, 2.75) is 25.7 Å². The fourth-order valence-corrected chi connectivity index (χ4v) is 1.01. The Morgan fingerprint density at radius 1 is 1.50 bits per heavy atom. The third-order valence-corrected chi connectivity index (χ3v) is 1.75. The van der Waals surface area contributed by atoms with E-state index in [4.69, 9.17) is 9.31 Å². The summed E-state index contributed by atoms with van der Waals surface area (Å²) in [5.41, 5.74) is 0. The van der Waals surface area contributed by atoms with Crippen LogP contribution in [0.2, 0.25) is 5.82 Å². The van der Waals surface area contributed by atoms with E-state index in [2.05, 4.69) is 0 Å². The zero-order chi connectivity index (χ0) is 9.14. The third-order valence-electron chi connectivity index (χ3n) is 1.75. The van der Waals surface area contributed by atoms with Gasteiger partial charge in [0.1, 0.15) is 13.2 Å². The second-order valence-electron chi connectivity index (χ2n) is 3.22. The van der Waals surface area contributed by atoms with Gasteiger partial charge in [-0.05, 0) is 5.82 Å². The van der Waals surface area contributed by atoms with Crippen molar-refractivity contribution >= 4 is 7.12 Å². The van der Waals surface area contributed by atoms with Gasteiger partial charge in [0.25, 0.3) is 6.04 Å². The van der Waals surface area contributed by atoms with Crippen LogP contribution >= 0.6 is 0 Å². The van der Waals surface area contributed by atoms with Gasteiger partial charge in [-0.15, -0.1) is 0 Å². The Bertz CT molecular complexity index is 167. The predicted octanol–water partition coefficient (Wildman–Crippen LogP) is 0.577. The highest BCUT2D eigenvalue weighted by atomic mass is 16.7. The Hall–Kier alpha value is -0.615. The number of rotatable bonds is 2. The number of hydrogen-bond donors (Lipinski definition) is 0. The zero-order valence-electron chi connectivity index (χ0n) is 7.23. The second kappa shape index (κ2) is 3.86. The predicted molar refractivity (Wildman–Crippen MR) is 43.5 cm³/mol. The molecule has 0 spiro atoms. The summed E-state index contributed by atoms with van der Waals surface area (Å²) < 4.78 is 10.3. The maximum atomic E-state index is 10.3. The van der Waals surface area contributed by atoms with Crippen molar-refractivity contribution in [3.05, 3.63) is 10.1 Å². The highest BCUT2D eigenvalue weighted by Gasteiger charge is 2.34. The molecule has 0 aromatic carbocycles. The second-order valence-corrected chi connectivity index (χ2v) is 3.22. The first-order valence-corrected chi connectivity index (χ1v) is 3.98. The molecular weight excluding hydrogens is 161 g/mol. The van der Waals surface area contributed by atoms with E-state index >= 15 is 0 Å². The Balaban J connectivity index is 2.34. The van der Waals surface area contributed by atoms with Crippen molar-refractivity contribution in [3.63, 3.8) is 0 Å². The van der Waals surface area contributed by atoms with Crippen LogP contribution in [-0.2, 0) is 9.31 Å². The topological polar surface area (TPSA) is 61.6 Å². The van der Waals surface area contributed by atoms with Gasteiger partial charge in [-0.3, -0.25) is 10.1 Å². The molecule has 1 rings (SSSR count). The lowest BCUT2D eigenvalue weighted by Gasteiger charge is -2.24. The Morgan fingerprint density at radius 2 is 2.00 bits per heavy atom. The van der Waals surface area contributed by atoms with E-state index in [1.165, 1.54) is 0 Å². The summed E-state index contributed by atoms with van der Waals surface area (Å²) in [6, 6.07) is -0.694. The van der Waals surface area contributed by atoms with Crippen molar-refractivity contribution in [3.8, 4) is 0 Å². The van der Waals surface area contributed by atoms with Crippen molar-refractivity contribution < 1.29 is 14.2 Å². The van der Waals surface area contributed by atoms with Gasteiger partial charge in [-0.1, -0.05) is 13.8 Å². The average Bonchev–Trinajstić information content (AvgIpc) is 2.04. The molecule has 5 nitrogen and oxygen atoms in total. The van der Waals surface area contributed by atoms with Crippen molar-refractivity contribution in [1.82, 2.24) is 0 Å². The molecule has 0 amide bonds. The minimum atomic E-state index is -0.694. The molecule has 0 radical (unpaired) electrons. The molecule has 1 fully saturated rings. The molecular formula is C6H12BNO4. The van der Waals surface area contributed by atoms with Crippen LogP contribution in [-0.4, -0.2) is 31.3 Å². The van der Waals surface area contributed by atoms with Gasteiger partial charge in [-0.25, -0.2) is 0 Å². The first-order chi connectivity index (χ1) is 5.61. The normalized spacial score (nSPS) is 20.1. The van der Waals surface area contributed by atoms with E-state index in [9.17, 15) is 10.1 Å². The molecule has 0 aromatic rings. The molecule has 0 aromatic heterocycles. The van der Waals surface area contributed by atoms with E-state index in [0.29, 0.717) is 0 Å². The van der Waals surface area contributed by atoms with Crippen molar-refractivity contribution in [2.24, 2.45) is 0 Å². The summed E-state index contributed by atoms with van der Waals surface area (Å²) in [6.45, 7) is 4.24. The van der Waals surface area contributed by atoms with Gasteiger partial charge in [0.15, 0.2) is 0 Å². The highest BCUT2D eigenvalue weighted by Crippen LogP contribution is 2.15. The van der Waals surface area contributed by atoms with Crippen molar-refractivity contribution in [2.75, 3.05) is 13.2 Å². The summed E-state index contributed by atoms with van der Waals surface area (Å²) in [5, 5.41) is 10.3. The smallest absolute Gasteiger partial charge is 0.404 e. The van der Waals surface area contributed by atoms with Crippen LogP contribution in [0.3, 0.4) is 0 Å². The van der Waals surface area contributed by atoms with Crippen LogP contribution in [0.15, 0.2) is 0 Å². The summed E-state index contributed by atoms with van der Waals surface area (Å²) >= 11 is 0. The van der Waals surface area contributed by atoms with E-state index in [-0.39, 0.29) is 31.1 Å². The molecule has 1 aliphatic heterocycles. The SMILES string of the molecule is CC(C)B1OCC([N+](=O)[O-])CO1. The molecule has 6 heteroatoms. The minimum Gasteiger partial charge on any atom is -0.404 e. The summed E-state index contributed by atoms with van der Waals surface area (Å²) in [5.74, 6) is 0.248. The van der Waals surface area contributed by atoms with E-state index in [1.54, 1.807) is 0 Å². The maximum Gasteiger partial charge on any atom is 0.460 e. The van der Waals surface area contributed by atoms with Gasteiger partial charge in [0, 0.05) is 4.92 Å². The Morgan fingerprint density at radius 3 is 2.33 bits per heavy atom. The molecule has 68 valence electrons. The number of nitrogens with zero attached hydrogens (tertiary/aromatic N) is 1. The summed E-state index contributed by atoms with van der Waals surface area (Å²) in [6.07, 6.45) is 0. The Labute approximate surface area is 71.3 Å². The van der Waals surface area contributed by atoms with Gasteiger partial charge in [0.05, 0.1) is 0 Å². The standard InChI is InChI=1S/C6H12BNO4/c1-5(2)7-11-3-6(4-12-7)8(9)10/h5-6H,3-4H2,1-2H3. The van der Waals surface area contributed by atoms with Crippen LogP contribution in [0.5, 0.6) is 0 Å². The molecule has 0 unspecified atom stereocenters. The van der Waals surface area contributed by atoms with Crippen LogP contribution in [0, 0.1) is 10.1 Å². The fraction of sp³-hybridized carbons (Fsp3) is 1.00. The molecule has 0 bridgehead atoms. The molecule has 0 saturated carbocycles. The third kappa shape index (κ3) is 2.18. The number of hydrogen-bond acceptors (Lipinski definition) is 4. The number of nitro groups is 1. The lowest BCUT2D eigenvalue weighted by molar-refractivity contribution is -0.530. The van der Waals surface area contributed by atoms with Crippen LogP contribution < -0.4 is 0 Å². The Kier molecular flexibility index (Phi) is 3.05. The lowest BCUT2D eigenvalue weighted by atomic mass is 9.73. The van der Waals surface area contributed by atoms with Gasteiger partial charge >= 0.3 is 7.12 Å². The van der Waals surface area contributed by atoms with Crippen LogP contribution in [0.25, 0.3) is 0 Å². The summed E-state index contributed by atoms with van der Waals surface area (Å²) in [4.78, 5) is 9.91. The quantitative estimate of drug-likeness (QED) is 0.348.